The zero-order valence-electron chi connectivity index (χ0n) is 11.5. The van der Waals surface area contributed by atoms with Crippen LogP contribution in [0.4, 0.5) is 11.4 Å². The van der Waals surface area contributed by atoms with Gasteiger partial charge in [-0.2, -0.15) is 5.26 Å². The molecule has 4 heteroatoms. The third-order valence-electron chi connectivity index (χ3n) is 3.38. The maximum Gasteiger partial charge on any atom is 0.263 e. The van der Waals surface area contributed by atoms with Crippen molar-refractivity contribution in [3.8, 4) is 6.07 Å². The van der Waals surface area contributed by atoms with Gasteiger partial charge in [0.25, 0.3) is 5.91 Å². The molecule has 2 aromatic carbocycles. The summed E-state index contributed by atoms with van der Waals surface area (Å²) in [6, 6.07) is 18.5. The standard InChI is InChI=1S/C17H13N3O/c1-12-16(11-18)20(15-10-6-5-9-14(15)19-12)17(21)13-7-3-2-4-8-13/h2-10,19H,1H3. The van der Waals surface area contributed by atoms with Crippen molar-refractivity contribution in [1.29, 1.82) is 5.26 Å². The Morgan fingerprint density at radius 1 is 1.10 bits per heavy atom. The lowest BCUT2D eigenvalue weighted by atomic mass is 10.1. The summed E-state index contributed by atoms with van der Waals surface area (Å²) in [5.41, 5.74) is 3.05. The van der Waals surface area contributed by atoms with E-state index in [0.717, 1.165) is 5.69 Å². The molecule has 3 rings (SSSR count). The summed E-state index contributed by atoms with van der Waals surface area (Å²) in [7, 11) is 0. The van der Waals surface area contributed by atoms with Crippen LogP contribution in [0.25, 0.3) is 0 Å². The second-order valence-corrected chi connectivity index (χ2v) is 4.73. The number of nitrogens with zero attached hydrogens (tertiary/aromatic N) is 2. The number of carbonyl (C=O) groups excluding carboxylic acids is 1. The van der Waals surface area contributed by atoms with E-state index in [-0.39, 0.29) is 5.91 Å². The van der Waals surface area contributed by atoms with E-state index >= 15 is 0 Å². The van der Waals surface area contributed by atoms with Crippen molar-refractivity contribution in [2.24, 2.45) is 0 Å². The largest absolute Gasteiger partial charge is 0.355 e. The third-order valence-corrected chi connectivity index (χ3v) is 3.38. The maximum atomic E-state index is 12.8. The fourth-order valence-electron chi connectivity index (χ4n) is 2.38. The van der Waals surface area contributed by atoms with Crippen LogP contribution in [0.2, 0.25) is 0 Å². The third kappa shape index (κ3) is 2.15. The molecule has 102 valence electrons. The number of amides is 1. The topological polar surface area (TPSA) is 56.1 Å². The highest BCUT2D eigenvalue weighted by atomic mass is 16.2. The predicted octanol–water partition coefficient (Wildman–Crippen LogP) is 3.51. The minimum absolute atomic E-state index is 0.208. The fraction of sp³-hybridized carbons (Fsp3) is 0.0588. The number of anilines is 2. The number of para-hydroxylation sites is 2. The monoisotopic (exact) mass is 275 g/mol. The molecular formula is C17H13N3O. The molecule has 1 heterocycles. The van der Waals surface area contributed by atoms with Crippen LogP contribution in [-0.2, 0) is 0 Å². The number of benzene rings is 2. The van der Waals surface area contributed by atoms with E-state index < -0.39 is 0 Å². The lowest BCUT2D eigenvalue weighted by Crippen LogP contribution is -2.34. The second kappa shape index (κ2) is 5.14. The Morgan fingerprint density at radius 2 is 1.76 bits per heavy atom. The molecule has 0 spiro atoms. The Bertz CT molecular complexity index is 772. The van der Waals surface area contributed by atoms with Crippen molar-refractivity contribution in [2.75, 3.05) is 10.2 Å². The first-order valence-corrected chi connectivity index (χ1v) is 6.59. The van der Waals surface area contributed by atoms with Gasteiger partial charge in [0.1, 0.15) is 11.8 Å². The van der Waals surface area contributed by atoms with Gasteiger partial charge >= 0.3 is 0 Å². The predicted molar refractivity (Wildman–Crippen MR) is 81.6 cm³/mol. The van der Waals surface area contributed by atoms with E-state index in [4.69, 9.17) is 0 Å². The van der Waals surface area contributed by atoms with Crippen LogP contribution in [-0.4, -0.2) is 5.91 Å². The van der Waals surface area contributed by atoms with Gasteiger partial charge in [-0.05, 0) is 31.2 Å². The van der Waals surface area contributed by atoms with E-state index in [1.165, 1.54) is 4.90 Å². The molecule has 0 radical (unpaired) electrons. The van der Waals surface area contributed by atoms with E-state index in [9.17, 15) is 10.1 Å². The van der Waals surface area contributed by atoms with Crippen molar-refractivity contribution in [3.63, 3.8) is 0 Å². The maximum absolute atomic E-state index is 12.8. The minimum atomic E-state index is -0.208. The van der Waals surface area contributed by atoms with Crippen molar-refractivity contribution in [3.05, 3.63) is 71.6 Å². The number of hydrogen-bond acceptors (Lipinski definition) is 3. The molecule has 0 fully saturated rings. The fourth-order valence-corrected chi connectivity index (χ4v) is 2.38. The van der Waals surface area contributed by atoms with Gasteiger partial charge in [0.2, 0.25) is 0 Å². The minimum Gasteiger partial charge on any atom is -0.355 e. The number of rotatable bonds is 1. The molecule has 0 saturated carbocycles. The molecule has 2 aromatic rings. The molecule has 0 saturated heterocycles. The average Bonchev–Trinajstić information content (AvgIpc) is 2.53. The molecule has 1 amide bonds. The van der Waals surface area contributed by atoms with E-state index in [2.05, 4.69) is 11.4 Å². The summed E-state index contributed by atoms with van der Waals surface area (Å²) >= 11 is 0. The highest BCUT2D eigenvalue weighted by molar-refractivity contribution is 6.11. The van der Waals surface area contributed by atoms with Gasteiger partial charge in [-0.15, -0.1) is 0 Å². The first-order chi connectivity index (χ1) is 10.2. The highest BCUT2D eigenvalue weighted by Gasteiger charge is 2.28. The van der Waals surface area contributed by atoms with E-state index in [0.29, 0.717) is 22.6 Å². The Labute approximate surface area is 122 Å². The average molecular weight is 275 g/mol. The molecule has 1 aliphatic heterocycles. The van der Waals surface area contributed by atoms with Gasteiger partial charge in [0.05, 0.1) is 11.4 Å². The van der Waals surface area contributed by atoms with Crippen molar-refractivity contribution >= 4 is 17.3 Å². The summed E-state index contributed by atoms with van der Waals surface area (Å²) in [4.78, 5) is 14.3. The van der Waals surface area contributed by atoms with Gasteiger partial charge in [-0.3, -0.25) is 9.69 Å². The number of hydrogen-bond donors (Lipinski definition) is 1. The van der Waals surface area contributed by atoms with Gasteiger partial charge in [0, 0.05) is 11.3 Å². The normalized spacial score (nSPS) is 13.2. The van der Waals surface area contributed by atoms with Crippen LogP contribution >= 0.6 is 0 Å². The molecule has 0 unspecified atom stereocenters. The molecule has 1 N–H and O–H groups in total. The molecule has 0 aromatic heterocycles. The summed E-state index contributed by atoms with van der Waals surface area (Å²) in [5.74, 6) is -0.208. The summed E-state index contributed by atoms with van der Waals surface area (Å²) < 4.78 is 0. The Morgan fingerprint density at radius 3 is 2.48 bits per heavy atom. The Hall–Kier alpha value is -3.06. The smallest absolute Gasteiger partial charge is 0.263 e. The lowest BCUT2D eigenvalue weighted by molar-refractivity contribution is 0.0995. The van der Waals surface area contributed by atoms with Crippen molar-refractivity contribution < 1.29 is 4.79 Å². The van der Waals surface area contributed by atoms with Crippen LogP contribution in [0.3, 0.4) is 0 Å². The van der Waals surface area contributed by atoms with E-state index in [1.54, 1.807) is 19.1 Å². The molecule has 0 bridgehead atoms. The molecular weight excluding hydrogens is 262 g/mol. The lowest BCUT2D eigenvalue weighted by Gasteiger charge is -2.30. The van der Waals surface area contributed by atoms with Gasteiger partial charge < -0.3 is 5.32 Å². The second-order valence-electron chi connectivity index (χ2n) is 4.73. The van der Waals surface area contributed by atoms with Crippen LogP contribution in [0.15, 0.2) is 66.0 Å². The zero-order chi connectivity index (χ0) is 14.8. The van der Waals surface area contributed by atoms with Crippen LogP contribution in [0, 0.1) is 11.3 Å². The molecule has 1 aliphatic rings. The summed E-state index contributed by atoms with van der Waals surface area (Å²) in [6.45, 7) is 1.79. The van der Waals surface area contributed by atoms with Gasteiger partial charge in [-0.1, -0.05) is 30.3 Å². The Balaban J connectivity index is 2.15. The van der Waals surface area contributed by atoms with Crippen molar-refractivity contribution in [1.82, 2.24) is 0 Å². The molecule has 4 nitrogen and oxygen atoms in total. The van der Waals surface area contributed by atoms with Crippen LogP contribution in [0.5, 0.6) is 0 Å². The summed E-state index contributed by atoms with van der Waals surface area (Å²) in [5, 5.41) is 12.6. The van der Waals surface area contributed by atoms with Gasteiger partial charge in [-0.25, -0.2) is 0 Å². The number of allylic oxidation sites excluding steroid dienone is 2. The number of nitriles is 1. The van der Waals surface area contributed by atoms with Crippen LogP contribution in [0.1, 0.15) is 17.3 Å². The molecule has 21 heavy (non-hydrogen) atoms. The summed E-state index contributed by atoms with van der Waals surface area (Å²) in [6.07, 6.45) is 0. The quantitative estimate of drug-likeness (QED) is 0.866. The van der Waals surface area contributed by atoms with Crippen molar-refractivity contribution in [2.45, 2.75) is 6.92 Å². The first-order valence-electron chi connectivity index (χ1n) is 6.59. The SMILES string of the molecule is CC1=C(C#N)N(C(=O)c2ccccc2)c2ccccc2N1. The Kier molecular flexibility index (Phi) is 3.17. The van der Waals surface area contributed by atoms with Crippen LogP contribution < -0.4 is 10.2 Å². The first kappa shape index (κ1) is 12.9. The molecule has 0 aliphatic carbocycles. The number of fused-ring (bicyclic) bond motifs is 1. The van der Waals surface area contributed by atoms with Gasteiger partial charge in [0.15, 0.2) is 0 Å². The number of carbonyl (C=O) groups is 1. The highest BCUT2D eigenvalue weighted by Crippen LogP contribution is 2.35. The molecule has 0 atom stereocenters. The number of nitrogens with one attached hydrogen (secondary N) is 1. The van der Waals surface area contributed by atoms with E-state index in [1.807, 2.05) is 42.5 Å². The zero-order valence-corrected chi connectivity index (χ0v) is 11.5.